The molecule has 0 radical (unpaired) electrons. The van der Waals surface area contributed by atoms with Crippen molar-refractivity contribution in [1.82, 2.24) is 49.1 Å². The van der Waals surface area contributed by atoms with E-state index in [-0.39, 0.29) is 134 Å². The molecule has 4 fully saturated rings. The number of aliphatic hydroxyl groups is 3. The second-order valence-corrected chi connectivity index (χ2v) is 30.1. The van der Waals surface area contributed by atoms with Crippen molar-refractivity contribution in [3.05, 3.63) is 195 Å². The van der Waals surface area contributed by atoms with Crippen LogP contribution in [0, 0.1) is 56.7 Å². The van der Waals surface area contributed by atoms with Crippen LogP contribution in [0.4, 0.5) is 34.5 Å². The molecule has 2 amide bonds. The van der Waals surface area contributed by atoms with E-state index in [1.54, 1.807) is 103 Å². The Bertz CT molecular complexity index is 5260. The number of nitrogens with one attached hydrogen (secondary N) is 5. The number of esters is 1. The molecule has 10 N–H and O–H groups in total. The summed E-state index contributed by atoms with van der Waals surface area (Å²) >= 11 is 11.8. The molecule has 14 rings (SSSR count). The summed E-state index contributed by atoms with van der Waals surface area (Å²) < 4.78 is 20.2. The number of amides is 2. The maximum absolute atomic E-state index is 13.2. The Kier molecular flexibility index (Phi) is 35.5. The van der Waals surface area contributed by atoms with E-state index < -0.39 is 24.6 Å². The van der Waals surface area contributed by atoms with E-state index in [1.165, 1.54) is 50.5 Å². The predicted octanol–water partition coefficient (Wildman–Crippen LogP) is 4.90. The molecule has 117 heavy (non-hydrogen) atoms. The third kappa shape index (κ3) is 27.6. The molecule has 10 aromatic heterocycles. The number of methoxy groups -OCH3 is 1. The smallest absolute Gasteiger partial charge is 1.00 e. The molecule has 6 atom stereocenters. The number of nitrogen functional groups attached to an aromatic ring is 1. The fourth-order valence-corrected chi connectivity index (χ4v) is 12.7. The van der Waals surface area contributed by atoms with E-state index in [0.717, 1.165) is 74.4 Å². The van der Waals surface area contributed by atoms with Crippen LogP contribution in [0.15, 0.2) is 141 Å². The van der Waals surface area contributed by atoms with Gasteiger partial charge >= 0.3 is 64.5 Å². The predicted molar refractivity (Wildman–Crippen MR) is 431 cm³/mol. The van der Waals surface area contributed by atoms with Crippen LogP contribution in [-0.2, 0) is 14.0 Å². The van der Waals surface area contributed by atoms with Crippen LogP contribution in [-0.4, -0.2) is 150 Å². The van der Waals surface area contributed by atoms with Gasteiger partial charge in [0, 0.05) is 55.3 Å². The molecule has 3 saturated carbocycles. The minimum atomic E-state index is -0.750. The van der Waals surface area contributed by atoms with Crippen LogP contribution in [0.3, 0.4) is 0 Å². The first-order valence-electron chi connectivity index (χ1n) is 36.9. The number of nitrogens with zero attached hydrogens (tertiary/aromatic N) is 15. The number of hydrogen-bond donors (Lipinski definition) is 9. The third-order valence-corrected chi connectivity index (χ3v) is 19.2. The van der Waals surface area contributed by atoms with Crippen molar-refractivity contribution in [1.29, 1.82) is 26.3 Å². The van der Waals surface area contributed by atoms with E-state index in [1.807, 2.05) is 70.2 Å². The summed E-state index contributed by atoms with van der Waals surface area (Å²) in [5.74, 6) is -0.149. The van der Waals surface area contributed by atoms with Crippen molar-refractivity contribution >= 4 is 99.2 Å². The number of nitrogens with two attached hydrogens (primary N) is 1. The van der Waals surface area contributed by atoms with Crippen molar-refractivity contribution in [2.45, 2.75) is 179 Å². The molecule has 0 bridgehead atoms. The van der Waals surface area contributed by atoms with Gasteiger partial charge in [-0.15, -0.1) is 5.60 Å². The normalized spacial score (nSPS) is 17.9. The molecule has 0 aromatic carbocycles. The van der Waals surface area contributed by atoms with Gasteiger partial charge < -0.3 is 90.8 Å². The molecule has 0 spiro atoms. The van der Waals surface area contributed by atoms with Crippen LogP contribution in [0.25, 0.3) is 22.4 Å². The SMILES string of the molecule is CC(C)(C)[O-].CC1(C)OB(c2ccc3cc(C#N)cnn23)OC1(C)C.COC(=O)c1cnc(Cl)cc1N[C@H]1CCC[C@@H](O)C1.N#Cc1ccc(N)nc1.N#Cc1ccc(NC(=O)c2cnc(-c3ccc4cc(C#N)cnn34)cc2N[C@H]2CCC[C@@H](O)C2)nc1.N#Cc1ccc(NC(=O)c2cnc(Cl)cc2N[C@H]2CCC[C@@H](O)C2)nc1.[I-].[K+]. The zero-order chi connectivity index (χ0) is 83.2. The summed E-state index contributed by atoms with van der Waals surface area (Å²) in [6.07, 6.45) is 20.3. The first-order chi connectivity index (χ1) is 54.8. The van der Waals surface area contributed by atoms with Crippen LogP contribution >= 0.6 is 23.2 Å². The monoisotopic (exact) mass is 1760 g/mol. The molecule has 10 aromatic rings. The number of ether oxygens (including phenoxy) is 1. The summed E-state index contributed by atoms with van der Waals surface area (Å²) in [6.45, 7) is 13.0. The minimum Gasteiger partial charge on any atom is -1.00 e. The van der Waals surface area contributed by atoms with Crippen molar-refractivity contribution in [2.75, 3.05) is 39.4 Å². The first kappa shape index (κ1) is 94.3. The number of hydrogen-bond acceptors (Lipinski definition) is 27. The summed E-state index contributed by atoms with van der Waals surface area (Å²) in [4.78, 5) is 61.7. The average molecular weight is 1760 g/mol. The third-order valence-electron chi connectivity index (χ3n) is 18.8. The Balaban J connectivity index is 0.000000208. The number of halogens is 3. The zero-order valence-corrected chi connectivity index (χ0v) is 72.7. The number of nitriles is 5. The number of carbonyl (C=O) groups is 3. The van der Waals surface area contributed by atoms with Gasteiger partial charge in [0.25, 0.3) is 11.8 Å². The van der Waals surface area contributed by atoms with E-state index in [2.05, 4.69) is 78.8 Å². The summed E-state index contributed by atoms with van der Waals surface area (Å²) in [7, 11) is 0.869. The molecule has 36 heteroatoms. The summed E-state index contributed by atoms with van der Waals surface area (Å²) in [5.41, 5.74) is 12.6. The van der Waals surface area contributed by atoms with Gasteiger partial charge in [-0.05, 0) is 196 Å². The van der Waals surface area contributed by atoms with Gasteiger partial charge in [-0.1, -0.05) is 44.0 Å². The Hall–Kier alpha value is -9.89. The second-order valence-electron chi connectivity index (χ2n) is 29.3. The summed E-state index contributed by atoms with van der Waals surface area (Å²) in [6, 6.07) is 35.9. The molecule has 1 aliphatic heterocycles. The molecule has 4 aliphatic rings. The number of aliphatic hydroxyl groups excluding tert-OH is 3. The van der Waals surface area contributed by atoms with Gasteiger partial charge in [-0.3, -0.25) is 14.6 Å². The summed E-state index contributed by atoms with van der Waals surface area (Å²) in [5, 5.41) is 109. The molecule has 602 valence electrons. The molecular formula is C81H87BCl2IKN21O10-. The number of pyridine rings is 6. The van der Waals surface area contributed by atoms with Gasteiger partial charge in [0.05, 0.1) is 133 Å². The van der Waals surface area contributed by atoms with E-state index in [9.17, 15) is 34.8 Å². The Morgan fingerprint density at radius 2 is 0.932 bits per heavy atom. The number of rotatable bonds is 13. The molecular weight excluding hydrogens is 1670 g/mol. The zero-order valence-electron chi connectivity index (χ0n) is 65.9. The van der Waals surface area contributed by atoms with E-state index in [0.29, 0.717) is 115 Å². The van der Waals surface area contributed by atoms with Crippen LogP contribution in [0.2, 0.25) is 10.3 Å². The average Bonchev–Trinajstić information content (AvgIpc) is 1.61. The van der Waals surface area contributed by atoms with E-state index >= 15 is 0 Å². The van der Waals surface area contributed by atoms with Gasteiger partial charge in [0.1, 0.15) is 63.7 Å². The van der Waals surface area contributed by atoms with Gasteiger partial charge in [-0.2, -0.15) is 36.5 Å². The minimum absolute atomic E-state index is 0. The van der Waals surface area contributed by atoms with Crippen molar-refractivity contribution in [3.8, 4) is 41.7 Å². The van der Waals surface area contributed by atoms with Crippen molar-refractivity contribution in [2.24, 2.45) is 0 Å². The largest absolute Gasteiger partial charge is 1.00 e. The first-order valence-corrected chi connectivity index (χ1v) is 37.6. The van der Waals surface area contributed by atoms with Gasteiger partial charge in [-0.25, -0.2) is 38.7 Å². The number of anilines is 6. The Morgan fingerprint density at radius 1 is 0.538 bits per heavy atom. The number of carbonyl (C=O) groups excluding carboxylic acids is 3. The molecule has 11 heterocycles. The van der Waals surface area contributed by atoms with E-state index in [4.69, 9.17) is 69.3 Å². The van der Waals surface area contributed by atoms with Gasteiger partial charge in [0.15, 0.2) is 0 Å². The topological polar surface area (TPSA) is 480 Å². The van der Waals surface area contributed by atoms with Gasteiger partial charge in [0.2, 0.25) is 0 Å². The van der Waals surface area contributed by atoms with Crippen LogP contribution < -0.4 is 118 Å². The fourth-order valence-electron chi connectivity index (χ4n) is 12.4. The second kappa shape index (κ2) is 44.1. The van der Waals surface area contributed by atoms with Crippen LogP contribution in [0.1, 0.15) is 184 Å². The van der Waals surface area contributed by atoms with Crippen LogP contribution in [0.5, 0.6) is 0 Å². The van der Waals surface area contributed by atoms with Crippen molar-refractivity contribution in [3.63, 3.8) is 0 Å². The number of fused-ring (bicyclic) bond motifs is 2. The molecule has 31 nitrogen and oxygen atoms in total. The Labute approximate surface area is 747 Å². The quantitative estimate of drug-likeness (QED) is 0.0321. The molecule has 0 unspecified atom stereocenters. The molecule has 1 saturated heterocycles. The maximum Gasteiger partial charge on any atom is 1.00 e. The fraction of sp³-hybridized carbons (Fsp3) is 0.358. The molecule has 3 aliphatic carbocycles. The standard InChI is InChI=1S/C26H22N8O2.C18H18ClN5O2.C14H16BN3O2.C13H17ClN2O3.C6H5N3.C4H9O.HI.K/c27-11-16-4-7-25(30-13-16)33-26(36)21-15-29-23(10-22(21)32-18-2-1-3-20(35)9-18)24-6-5-19-8-17(12-28)14-31-34(19)24;19-16-7-15(23-12-2-1-3-13(25)6-12)14(10-21-16)18(26)24-17-5-4-11(8-20)9-22-17;1-13(2)14(3,4)20-15(19-13)12-6-5-11-7-10(8-16)9-17-18(11)12;1-19-13(18)10-7-15-12(14)6-11(10)16-8-3-2-4-9(17)5-8;7-3-5-1-2-6(8)9-4-5;1-4(2,3)5;;/h4-8,10,13-15,18,20,35H,1-3,9H2,(H,29,32)(H,30,33,36);4-5,7,9-10,12-13,25H,1-3,6H2,(H,21,23)(H,22,24,26);5-7,9H,1-4H3;6-9,17H,2-5H2,1H3,(H,15,16);1-2,4H,(H2,8,9);1-3H3;1H;/q;;;;;-1;;+1/p-1/t18-,20+;12-,13+;;8-,9+;;;;/m00.0..../s1. The maximum atomic E-state index is 13.2. The Morgan fingerprint density at radius 3 is 1.34 bits per heavy atom. The van der Waals surface area contributed by atoms with Crippen molar-refractivity contribution < 1.29 is 124 Å². The number of aromatic nitrogens is 10.